The van der Waals surface area contributed by atoms with E-state index in [0.29, 0.717) is 13.1 Å². The summed E-state index contributed by atoms with van der Waals surface area (Å²) in [6.07, 6.45) is 2.98. The van der Waals surface area contributed by atoms with E-state index in [0.717, 1.165) is 19.3 Å². The summed E-state index contributed by atoms with van der Waals surface area (Å²) >= 11 is 0. The first-order chi connectivity index (χ1) is 8.44. The van der Waals surface area contributed by atoms with E-state index in [1.54, 1.807) is 4.90 Å². The highest BCUT2D eigenvalue weighted by molar-refractivity contribution is 7.91. The minimum Gasteiger partial charge on any atom is -0.338 e. The predicted molar refractivity (Wildman–Crippen MR) is 69.7 cm³/mol. The molecule has 0 aromatic rings. The van der Waals surface area contributed by atoms with Crippen LogP contribution in [0, 0.1) is 11.8 Å². The van der Waals surface area contributed by atoms with Crippen LogP contribution in [0.3, 0.4) is 0 Å². The van der Waals surface area contributed by atoms with Crippen LogP contribution in [-0.4, -0.2) is 49.9 Å². The molecule has 1 saturated heterocycles. The Bertz CT molecular complexity index is 421. The second kappa shape index (κ2) is 5.17. The molecule has 2 aliphatic rings. The molecular weight excluding hydrogens is 252 g/mol. The molecule has 1 aliphatic heterocycles. The summed E-state index contributed by atoms with van der Waals surface area (Å²) in [6, 6.07) is -0.199. The van der Waals surface area contributed by atoms with Crippen molar-refractivity contribution in [3.63, 3.8) is 0 Å². The SMILES string of the molecule is CC1CS(=O)(=O)CCN1C(=O)[C@@H]1CCC[C@@H]1CN. The fraction of sp³-hybridized carbons (Fsp3) is 0.917. The van der Waals surface area contributed by atoms with Crippen LogP contribution < -0.4 is 5.73 Å². The largest absolute Gasteiger partial charge is 0.338 e. The molecule has 1 amide bonds. The highest BCUT2D eigenvalue weighted by atomic mass is 32.2. The van der Waals surface area contributed by atoms with Crippen molar-refractivity contribution in [1.82, 2.24) is 4.90 Å². The van der Waals surface area contributed by atoms with Crippen molar-refractivity contribution in [2.24, 2.45) is 17.6 Å². The normalized spacial score (nSPS) is 35.7. The van der Waals surface area contributed by atoms with Crippen molar-refractivity contribution < 1.29 is 13.2 Å². The van der Waals surface area contributed by atoms with E-state index in [1.165, 1.54) is 0 Å². The molecular formula is C12H22N2O3S. The summed E-state index contributed by atoms with van der Waals surface area (Å²) in [5, 5.41) is 0. The van der Waals surface area contributed by atoms with Gasteiger partial charge in [-0.1, -0.05) is 6.42 Å². The van der Waals surface area contributed by atoms with Crippen LogP contribution in [0.1, 0.15) is 26.2 Å². The molecule has 1 unspecified atom stereocenters. The smallest absolute Gasteiger partial charge is 0.226 e. The number of hydrogen-bond donors (Lipinski definition) is 1. The molecule has 1 saturated carbocycles. The molecule has 5 nitrogen and oxygen atoms in total. The maximum absolute atomic E-state index is 12.5. The second-order valence-electron chi connectivity index (χ2n) is 5.53. The van der Waals surface area contributed by atoms with Gasteiger partial charge in [0.2, 0.25) is 5.91 Å². The first-order valence-corrected chi connectivity index (χ1v) is 8.47. The van der Waals surface area contributed by atoms with Gasteiger partial charge in [0, 0.05) is 18.5 Å². The van der Waals surface area contributed by atoms with Gasteiger partial charge in [0.25, 0.3) is 0 Å². The van der Waals surface area contributed by atoms with Crippen molar-refractivity contribution >= 4 is 15.7 Å². The van der Waals surface area contributed by atoms with Gasteiger partial charge >= 0.3 is 0 Å². The molecule has 18 heavy (non-hydrogen) atoms. The Labute approximate surface area is 109 Å². The van der Waals surface area contributed by atoms with Gasteiger partial charge in [0.15, 0.2) is 9.84 Å². The van der Waals surface area contributed by atoms with Crippen LogP contribution in [0.2, 0.25) is 0 Å². The Hall–Kier alpha value is -0.620. The maximum atomic E-state index is 12.5. The molecule has 0 spiro atoms. The zero-order valence-electron chi connectivity index (χ0n) is 10.8. The third kappa shape index (κ3) is 2.69. The Morgan fingerprint density at radius 3 is 2.72 bits per heavy atom. The standard InChI is InChI=1S/C12H22N2O3S/c1-9-8-18(16,17)6-5-14(9)12(15)11-4-2-3-10(11)7-13/h9-11H,2-8,13H2,1H3/t9?,10-,11-/m1/s1. The lowest BCUT2D eigenvalue weighted by Crippen LogP contribution is -2.52. The van der Waals surface area contributed by atoms with E-state index in [4.69, 9.17) is 5.73 Å². The second-order valence-corrected chi connectivity index (χ2v) is 7.76. The number of nitrogens with two attached hydrogens (primary N) is 1. The fourth-order valence-corrected chi connectivity index (χ4v) is 4.74. The third-order valence-corrected chi connectivity index (χ3v) is 6.03. The molecule has 6 heteroatoms. The Morgan fingerprint density at radius 2 is 2.11 bits per heavy atom. The topological polar surface area (TPSA) is 80.5 Å². The molecule has 0 aromatic heterocycles. The first kappa shape index (κ1) is 13.8. The number of carbonyl (C=O) groups is 1. The minimum absolute atomic E-state index is 0.0123. The summed E-state index contributed by atoms with van der Waals surface area (Å²) in [7, 11) is -2.96. The number of sulfone groups is 1. The average molecular weight is 274 g/mol. The number of hydrogen-bond acceptors (Lipinski definition) is 4. The van der Waals surface area contributed by atoms with Gasteiger partial charge in [-0.3, -0.25) is 4.79 Å². The Kier molecular flexibility index (Phi) is 3.96. The van der Waals surface area contributed by atoms with E-state index < -0.39 is 9.84 Å². The molecule has 104 valence electrons. The van der Waals surface area contributed by atoms with E-state index >= 15 is 0 Å². The lowest BCUT2D eigenvalue weighted by atomic mass is 9.94. The zero-order chi connectivity index (χ0) is 13.3. The van der Waals surface area contributed by atoms with Crippen LogP contribution in [-0.2, 0) is 14.6 Å². The van der Waals surface area contributed by atoms with E-state index in [9.17, 15) is 13.2 Å². The summed E-state index contributed by atoms with van der Waals surface area (Å²) in [4.78, 5) is 14.2. The molecule has 2 fully saturated rings. The zero-order valence-corrected chi connectivity index (χ0v) is 11.7. The minimum atomic E-state index is -2.96. The van der Waals surface area contributed by atoms with E-state index in [1.807, 2.05) is 6.92 Å². The summed E-state index contributed by atoms with van der Waals surface area (Å²) in [5.41, 5.74) is 5.70. The first-order valence-electron chi connectivity index (χ1n) is 6.65. The van der Waals surface area contributed by atoms with E-state index in [-0.39, 0.29) is 35.3 Å². The molecule has 2 rings (SSSR count). The van der Waals surface area contributed by atoms with Crippen LogP contribution in [0.5, 0.6) is 0 Å². The van der Waals surface area contributed by atoms with Crippen LogP contribution >= 0.6 is 0 Å². The Balaban J connectivity index is 2.05. The van der Waals surface area contributed by atoms with Gasteiger partial charge in [0.1, 0.15) is 0 Å². The summed E-state index contributed by atoms with van der Waals surface area (Å²) in [5.74, 6) is 0.605. The highest BCUT2D eigenvalue weighted by Gasteiger charge is 2.39. The average Bonchev–Trinajstić information content (AvgIpc) is 2.74. The number of carbonyl (C=O) groups excluding carboxylic acids is 1. The number of rotatable bonds is 2. The number of nitrogens with zero attached hydrogens (tertiary/aromatic N) is 1. The molecule has 3 atom stereocenters. The van der Waals surface area contributed by atoms with Gasteiger partial charge < -0.3 is 10.6 Å². The fourth-order valence-electron chi connectivity index (χ4n) is 3.18. The van der Waals surface area contributed by atoms with Gasteiger partial charge in [-0.25, -0.2) is 8.42 Å². The molecule has 0 aromatic carbocycles. The predicted octanol–water partition coefficient (Wildman–Crippen LogP) is 0.00690. The van der Waals surface area contributed by atoms with Gasteiger partial charge in [-0.05, 0) is 32.2 Å². The molecule has 2 N–H and O–H groups in total. The maximum Gasteiger partial charge on any atom is 0.226 e. The van der Waals surface area contributed by atoms with Crippen LogP contribution in [0.25, 0.3) is 0 Å². The van der Waals surface area contributed by atoms with Crippen molar-refractivity contribution in [3.8, 4) is 0 Å². The lowest BCUT2D eigenvalue weighted by molar-refractivity contribution is -0.138. The highest BCUT2D eigenvalue weighted by Crippen LogP contribution is 2.33. The molecule has 0 bridgehead atoms. The van der Waals surface area contributed by atoms with Crippen molar-refractivity contribution in [2.75, 3.05) is 24.6 Å². The summed E-state index contributed by atoms with van der Waals surface area (Å²) < 4.78 is 23.0. The van der Waals surface area contributed by atoms with Crippen molar-refractivity contribution in [3.05, 3.63) is 0 Å². The van der Waals surface area contributed by atoms with Gasteiger partial charge in [-0.15, -0.1) is 0 Å². The molecule has 1 aliphatic carbocycles. The third-order valence-electron chi connectivity index (χ3n) is 4.23. The monoisotopic (exact) mass is 274 g/mol. The lowest BCUT2D eigenvalue weighted by Gasteiger charge is -2.36. The van der Waals surface area contributed by atoms with E-state index in [2.05, 4.69) is 0 Å². The van der Waals surface area contributed by atoms with Gasteiger partial charge in [0.05, 0.1) is 11.5 Å². The quantitative estimate of drug-likeness (QED) is 0.769. The molecule has 1 heterocycles. The van der Waals surface area contributed by atoms with Gasteiger partial charge in [-0.2, -0.15) is 0 Å². The number of amides is 1. The molecule has 0 radical (unpaired) electrons. The Morgan fingerprint density at radius 1 is 1.39 bits per heavy atom. The van der Waals surface area contributed by atoms with Crippen molar-refractivity contribution in [2.45, 2.75) is 32.2 Å². The van der Waals surface area contributed by atoms with Crippen LogP contribution in [0.15, 0.2) is 0 Å². The van der Waals surface area contributed by atoms with Crippen LogP contribution in [0.4, 0.5) is 0 Å². The van der Waals surface area contributed by atoms with Crippen molar-refractivity contribution in [1.29, 1.82) is 0 Å². The summed E-state index contributed by atoms with van der Waals surface area (Å²) in [6.45, 7) is 2.72.